The first-order valence-electron chi connectivity index (χ1n) is 9.50. The van der Waals surface area contributed by atoms with Crippen molar-refractivity contribution >= 4 is 44.0 Å². The molecule has 0 radical (unpaired) electrons. The summed E-state index contributed by atoms with van der Waals surface area (Å²) >= 11 is 4.84. The number of methoxy groups -OCH3 is 2. The van der Waals surface area contributed by atoms with Crippen molar-refractivity contribution in [1.82, 2.24) is 4.98 Å². The van der Waals surface area contributed by atoms with Gasteiger partial charge < -0.3 is 18.6 Å². The molecule has 0 aliphatic heterocycles. The van der Waals surface area contributed by atoms with Crippen molar-refractivity contribution in [2.45, 2.75) is 18.4 Å². The molecule has 0 N–H and O–H groups in total. The molecule has 0 amide bonds. The number of rotatable bonds is 8. The third-order valence-electron chi connectivity index (χ3n) is 4.68. The Kier molecular flexibility index (Phi) is 6.29. The maximum absolute atomic E-state index is 12.3. The van der Waals surface area contributed by atoms with Crippen LogP contribution in [0.5, 0.6) is 17.2 Å². The number of thiazole rings is 1. The van der Waals surface area contributed by atoms with Gasteiger partial charge in [-0.3, -0.25) is 4.79 Å². The summed E-state index contributed by atoms with van der Waals surface area (Å²) in [6.07, 6.45) is 0. The normalized spacial score (nSPS) is 12.0. The van der Waals surface area contributed by atoms with Crippen LogP contribution in [-0.2, 0) is 6.61 Å². The van der Waals surface area contributed by atoms with Gasteiger partial charge in [0, 0.05) is 23.1 Å². The van der Waals surface area contributed by atoms with Gasteiger partial charge in [0.25, 0.3) is 0 Å². The average Bonchev–Trinajstić information content (AvgIpc) is 3.44. The Labute approximate surface area is 191 Å². The minimum atomic E-state index is -0.342. The van der Waals surface area contributed by atoms with Crippen LogP contribution < -0.4 is 14.2 Å². The van der Waals surface area contributed by atoms with Crippen molar-refractivity contribution in [3.63, 3.8) is 0 Å². The van der Waals surface area contributed by atoms with Crippen LogP contribution in [0.15, 0.2) is 52.3 Å². The molecule has 2 aromatic heterocycles. The molecular weight excluding hydrogens is 482 g/mol. The van der Waals surface area contributed by atoms with E-state index in [1.54, 1.807) is 50.7 Å². The summed E-state index contributed by atoms with van der Waals surface area (Å²) in [6, 6.07) is 13.0. The number of ketones is 1. The lowest BCUT2D eigenvalue weighted by molar-refractivity contribution is 0.0971. The number of benzene rings is 2. The Balaban J connectivity index is 1.57. The van der Waals surface area contributed by atoms with E-state index < -0.39 is 0 Å². The predicted molar refractivity (Wildman–Crippen MR) is 124 cm³/mol. The maximum atomic E-state index is 12.3. The van der Waals surface area contributed by atoms with Crippen LogP contribution in [0.1, 0.15) is 23.2 Å². The summed E-state index contributed by atoms with van der Waals surface area (Å²) in [7, 11) is 3.21. The number of ether oxygens (including phenoxy) is 3. The predicted octanol–water partition coefficient (Wildman–Crippen LogP) is 6.12. The molecule has 1 atom stereocenters. The quantitative estimate of drug-likeness (QED) is 0.214. The van der Waals surface area contributed by atoms with Gasteiger partial charge >= 0.3 is 0 Å². The first-order chi connectivity index (χ1) is 15.0. The van der Waals surface area contributed by atoms with E-state index in [1.807, 2.05) is 29.6 Å². The van der Waals surface area contributed by atoms with Crippen LogP contribution in [0, 0.1) is 0 Å². The number of hydrogen-bond donors (Lipinski definition) is 0. The fourth-order valence-corrected chi connectivity index (χ4v) is 4.06. The second-order valence-electron chi connectivity index (χ2n) is 6.79. The number of furan rings is 1. The lowest BCUT2D eigenvalue weighted by atomic mass is 10.2. The number of Topliss-reactive ketones (excluding diaryl/α,β-unsaturated/α-hetero) is 1. The zero-order valence-corrected chi connectivity index (χ0v) is 19.6. The zero-order chi connectivity index (χ0) is 22.0. The summed E-state index contributed by atoms with van der Waals surface area (Å²) in [4.78, 5) is 16.6. The van der Waals surface area contributed by atoms with Gasteiger partial charge in [0.15, 0.2) is 5.76 Å². The van der Waals surface area contributed by atoms with Gasteiger partial charge in [-0.05, 0) is 37.3 Å². The Bertz CT molecular complexity index is 1210. The molecule has 0 fully saturated rings. The van der Waals surface area contributed by atoms with Crippen LogP contribution in [0.25, 0.3) is 21.5 Å². The van der Waals surface area contributed by atoms with E-state index in [4.69, 9.17) is 18.6 Å². The number of carbonyl (C=O) groups is 1. The number of fused-ring (bicyclic) bond motifs is 1. The molecule has 0 saturated heterocycles. The van der Waals surface area contributed by atoms with Gasteiger partial charge in [0.1, 0.15) is 34.4 Å². The average molecular weight is 502 g/mol. The van der Waals surface area contributed by atoms with E-state index >= 15 is 0 Å². The van der Waals surface area contributed by atoms with Gasteiger partial charge in [-0.25, -0.2) is 4.98 Å². The smallest absolute Gasteiger partial charge is 0.211 e. The highest BCUT2D eigenvalue weighted by molar-refractivity contribution is 9.10. The van der Waals surface area contributed by atoms with Gasteiger partial charge in [-0.1, -0.05) is 15.9 Å². The van der Waals surface area contributed by atoms with Gasteiger partial charge in [-0.15, -0.1) is 11.3 Å². The highest BCUT2D eigenvalue weighted by Crippen LogP contribution is 2.35. The Hall–Kier alpha value is -2.84. The number of carbonyl (C=O) groups excluding carboxylic acids is 1. The van der Waals surface area contributed by atoms with Crippen molar-refractivity contribution < 1.29 is 23.4 Å². The molecule has 4 aromatic rings. The third kappa shape index (κ3) is 4.60. The SMILES string of the molecule is COc1ccc(-c2nc(COc3cc(OC)cc4oc(C(=O)C(C)Br)cc34)cs2)cc1. The molecule has 4 rings (SSSR count). The Morgan fingerprint density at radius 1 is 1.13 bits per heavy atom. The molecule has 0 bridgehead atoms. The first kappa shape index (κ1) is 21.4. The molecule has 31 heavy (non-hydrogen) atoms. The van der Waals surface area contributed by atoms with E-state index in [9.17, 15) is 4.79 Å². The fourth-order valence-electron chi connectivity index (χ4n) is 3.03. The molecule has 0 spiro atoms. The van der Waals surface area contributed by atoms with Gasteiger partial charge in [-0.2, -0.15) is 0 Å². The highest BCUT2D eigenvalue weighted by atomic mass is 79.9. The van der Waals surface area contributed by atoms with E-state index in [0.717, 1.165) is 22.0 Å². The molecule has 6 nitrogen and oxygen atoms in total. The molecule has 2 heterocycles. The molecule has 1 unspecified atom stereocenters. The van der Waals surface area contributed by atoms with E-state index in [1.165, 1.54) is 0 Å². The second-order valence-corrected chi connectivity index (χ2v) is 9.02. The molecular formula is C23H20BrNO5S. The van der Waals surface area contributed by atoms with Gasteiger partial charge in [0.2, 0.25) is 5.78 Å². The molecule has 2 aromatic carbocycles. The van der Waals surface area contributed by atoms with Crippen LogP contribution in [0.3, 0.4) is 0 Å². The van der Waals surface area contributed by atoms with Crippen molar-refractivity contribution in [3.05, 3.63) is 59.3 Å². The van der Waals surface area contributed by atoms with Crippen LogP contribution in [0.4, 0.5) is 0 Å². The van der Waals surface area contributed by atoms with Crippen LogP contribution in [-0.4, -0.2) is 29.8 Å². The minimum absolute atomic E-state index is 0.134. The fraction of sp³-hybridized carbons (Fsp3) is 0.217. The molecule has 160 valence electrons. The lowest BCUT2D eigenvalue weighted by Gasteiger charge is -2.08. The molecule has 0 aliphatic carbocycles. The number of nitrogens with zero attached hydrogens (tertiary/aromatic N) is 1. The van der Waals surface area contributed by atoms with E-state index in [0.29, 0.717) is 22.5 Å². The summed E-state index contributed by atoms with van der Waals surface area (Å²) < 4.78 is 22.3. The largest absolute Gasteiger partial charge is 0.497 e. The number of hydrogen-bond acceptors (Lipinski definition) is 7. The summed E-state index contributed by atoms with van der Waals surface area (Å²) in [5.74, 6) is 2.09. The summed E-state index contributed by atoms with van der Waals surface area (Å²) in [6.45, 7) is 2.04. The van der Waals surface area contributed by atoms with Crippen LogP contribution >= 0.6 is 27.3 Å². The molecule has 8 heteroatoms. The van der Waals surface area contributed by atoms with Crippen LogP contribution in [0.2, 0.25) is 0 Å². The summed E-state index contributed by atoms with van der Waals surface area (Å²) in [5.41, 5.74) is 2.35. The van der Waals surface area contributed by atoms with E-state index in [-0.39, 0.29) is 23.0 Å². The van der Waals surface area contributed by atoms with Crippen molar-refractivity contribution in [2.24, 2.45) is 0 Å². The standard InChI is InChI=1S/C23H20BrNO5S/c1-13(24)22(26)21-10-18-19(8-17(28-3)9-20(18)30-21)29-11-15-12-31-23(25-15)14-4-6-16(27-2)7-5-14/h4-10,12-13H,11H2,1-3H3. The van der Waals surface area contributed by atoms with Crippen molar-refractivity contribution in [2.75, 3.05) is 14.2 Å². The minimum Gasteiger partial charge on any atom is -0.497 e. The third-order valence-corrected chi connectivity index (χ3v) is 6.03. The Morgan fingerprint density at radius 2 is 1.87 bits per heavy atom. The van der Waals surface area contributed by atoms with Crippen molar-refractivity contribution in [1.29, 1.82) is 0 Å². The molecule has 0 saturated carbocycles. The first-order valence-corrected chi connectivity index (χ1v) is 11.3. The number of aromatic nitrogens is 1. The highest BCUT2D eigenvalue weighted by Gasteiger charge is 2.20. The monoisotopic (exact) mass is 501 g/mol. The lowest BCUT2D eigenvalue weighted by Crippen LogP contribution is -2.08. The number of halogens is 1. The molecule has 0 aliphatic rings. The second kappa shape index (κ2) is 9.11. The maximum Gasteiger partial charge on any atom is 0.211 e. The summed E-state index contributed by atoms with van der Waals surface area (Å²) in [5, 5.41) is 3.58. The topological polar surface area (TPSA) is 70.8 Å². The zero-order valence-electron chi connectivity index (χ0n) is 17.2. The van der Waals surface area contributed by atoms with Gasteiger partial charge in [0.05, 0.1) is 30.1 Å². The number of alkyl halides is 1. The Morgan fingerprint density at radius 3 is 2.55 bits per heavy atom. The van der Waals surface area contributed by atoms with Crippen molar-refractivity contribution in [3.8, 4) is 27.8 Å². The van der Waals surface area contributed by atoms with E-state index in [2.05, 4.69) is 20.9 Å².